The zero-order valence-corrected chi connectivity index (χ0v) is 13.5. The first kappa shape index (κ1) is 15.5. The van der Waals surface area contributed by atoms with E-state index >= 15 is 0 Å². The standard InChI is InChI=1S/C14H8F2IN5O/c15-11-5-9(6-12(16)13(11)17)19-14(23)8-2-1-3-10(4-8)22-7-18-20-21-22/h1-7H,(H,19,23). The van der Waals surface area contributed by atoms with Crippen LogP contribution in [0.1, 0.15) is 10.4 Å². The molecule has 0 saturated carbocycles. The lowest BCUT2D eigenvalue weighted by atomic mass is 10.2. The van der Waals surface area contributed by atoms with Crippen molar-refractivity contribution in [3.8, 4) is 5.69 Å². The average Bonchev–Trinajstić information content (AvgIpc) is 3.07. The van der Waals surface area contributed by atoms with Gasteiger partial charge >= 0.3 is 0 Å². The summed E-state index contributed by atoms with van der Waals surface area (Å²) in [7, 11) is 0. The largest absolute Gasteiger partial charge is 0.322 e. The number of benzene rings is 2. The Labute approximate surface area is 142 Å². The highest BCUT2D eigenvalue weighted by Gasteiger charge is 2.12. The number of aromatic nitrogens is 4. The van der Waals surface area contributed by atoms with E-state index < -0.39 is 17.5 Å². The number of carbonyl (C=O) groups excluding carboxylic acids is 1. The van der Waals surface area contributed by atoms with Crippen molar-refractivity contribution in [2.45, 2.75) is 0 Å². The minimum atomic E-state index is -0.733. The van der Waals surface area contributed by atoms with Gasteiger partial charge in [-0.2, -0.15) is 0 Å². The number of amides is 1. The summed E-state index contributed by atoms with van der Waals surface area (Å²) in [6, 6.07) is 8.63. The Bertz CT molecular complexity index is 846. The van der Waals surface area contributed by atoms with Crippen LogP contribution in [0.4, 0.5) is 14.5 Å². The molecule has 0 atom stereocenters. The number of tetrazole rings is 1. The molecule has 23 heavy (non-hydrogen) atoms. The average molecular weight is 427 g/mol. The highest BCUT2D eigenvalue weighted by Crippen LogP contribution is 2.21. The van der Waals surface area contributed by atoms with Gasteiger partial charge in [0.25, 0.3) is 5.91 Å². The fraction of sp³-hybridized carbons (Fsp3) is 0. The Balaban J connectivity index is 1.85. The molecule has 9 heteroatoms. The van der Waals surface area contributed by atoms with Gasteiger partial charge in [0.15, 0.2) is 0 Å². The van der Waals surface area contributed by atoms with Crippen LogP contribution in [-0.4, -0.2) is 26.1 Å². The molecule has 6 nitrogen and oxygen atoms in total. The smallest absolute Gasteiger partial charge is 0.255 e. The van der Waals surface area contributed by atoms with Gasteiger partial charge < -0.3 is 5.32 Å². The molecule has 0 aliphatic carbocycles. The Hall–Kier alpha value is -2.43. The quantitative estimate of drug-likeness (QED) is 0.516. The molecule has 2 aromatic carbocycles. The Morgan fingerprint density at radius 3 is 2.57 bits per heavy atom. The molecular formula is C14H8F2IN5O. The first-order valence-electron chi connectivity index (χ1n) is 6.34. The molecule has 3 aromatic rings. The van der Waals surface area contributed by atoms with Gasteiger partial charge in [-0.3, -0.25) is 4.79 Å². The summed E-state index contributed by atoms with van der Waals surface area (Å²) in [5.41, 5.74) is 0.929. The van der Waals surface area contributed by atoms with Crippen molar-refractivity contribution in [3.63, 3.8) is 0 Å². The summed E-state index contributed by atoms with van der Waals surface area (Å²) in [6.45, 7) is 0. The van der Waals surface area contributed by atoms with Crippen LogP contribution in [0.2, 0.25) is 0 Å². The minimum Gasteiger partial charge on any atom is -0.322 e. The molecule has 116 valence electrons. The van der Waals surface area contributed by atoms with E-state index in [0.717, 1.165) is 12.1 Å². The maximum atomic E-state index is 13.5. The molecule has 3 rings (SSSR count). The maximum Gasteiger partial charge on any atom is 0.255 e. The second-order valence-corrected chi connectivity index (χ2v) is 5.59. The fourth-order valence-corrected chi connectivity index (χ4v) is 2.21. The third kappa shape index (κ3) is 3.33. The van der Waals surface area contributed by atoms with Gasteiger partial charge in [0.05, 0.1) is 9.26 Å². The third-order valence-electron chi connectivity index (χ3n) is 2.96. The van der Waals surface area contributed by atoms with Crippen molar-refractivity contribution in [2.75, 3.05) is 5.32 Å². The lowest BCUT2D eigenvalue weighted by molar-refractivity contribution is 0.102. The molecule has 1 heterocycles. The van der Waals surface area contributed by atoms with Crippen LogP contribution in [0.5, 0.6) is 0 Å². The van der Waals surface area contributed by atoms with Crippen molar-refractivity contribution < 1.29 is 13.6 Å². The number of nitrogens with one attached hydrogen (secondary N) is 1. The first-order chi connectivity index (χ1) is 11.0. The number of hydrogen-bond donors (Lipinski definition) is 1. The van der Waals surface area contributed by atoms with Gasteiger partial charge in [-0.05, 0) is 63.3 Å². The Morgan fingerprint density at radius 1 is 1.17 bits per heavy atom. The maximum absolute atomic E-state index is 13.5. The molecular weight excluding hydrogens is 419 g/mol. The van der Waals surface area contributed by atoms with Crippen LogP contribution < -0.4 is 5.32 Å². The lowest BCUT2D eigenvalue weighted by Gasteiger charge is -2.08. The molecule has 0 fully saturated rings. The van der Waals surface area contributed by atoms with E-state index in [-0.39, 0.29) is 9.26 Å². The van der Waals surface area contributed by atoms with E-state index in [1.54, 1.807) is 46.9 Å². The minimum absolute atomic E-state index is 0.0400. The van der Waals surface area contributed by atoms with Crippen LogP contribution in [0.15, 0.2) is 42.7 Å². The van der Waals surface area contributed by atoms with Crippen LogP contribution in [0, 0.1) is 15.2 Å². The predicted molar refractivity (Wildman–Crippen MR) is 86.2 cm³/mol. The van der Waals surface area contributed by atoms with Gasteiger partial charge in [0.1, 0.15) is 18.0 Å². The molecule has 0 aliphatic rings. The molecule has 1 amide bonds. The van der Waals surface area contributed by atoms with Gasteiger partial charge in [0, 0.05) is 11.3 Å². The summed E-state index contributed by atoms with van der Waals surface area (Å²) >= 11 is 1.56. The fourth-order valence-electron chi connectivity index (χ4n) is 1.90. The van der Waals surface area contributed by atoms with Crippen LogP contribution >= 0.6 is 22.6 Å². The number of carbonyl (C=O) groups is 1. The molecule has 1 aromatic heterocycles. The Morgan fingerprint density at radius 2 is 1.91 bits per heavy atom. The molecule has 0 saturated heterocycles. The Kier molecular flexibility index (Phi) is 4.28. The van der Waals surface area contributed by atoms with Crippen molar-refractivity contribution in [1.82, 2.24) is 20.2 Å². The highest BCUT2D eigenvalue weighted by molar-refractivity contribution is 14.1. The number of hydrogen-bond acceptors (Lipinski definition) is 4. The molecule has 0 bridgehead atoms. The van der Waals surface area contributed by atoms with Crippen LogP contribution in [-0.2, 0) is 0 Å². The van der Waals surface area contributed by atoms with E-state index in [0.29, 0.717) is 11.3 Å². The van der Waals surface area contributed by atoms with Crippen LogP contribution in [0.25, 0.3) is 5.69 Å². The summed E-state index contributed by atoms with van der Waals surface area (Å²) in [6.07, 6.45) is 1.39. The highest BCUT2D eigenvalue weighted by atomic mass is 127. The van der Waals surface area contributed by atoms with E-state index in [4.69, 9.17) is 0 Å². The van der Waals surface area contributed by atoms with Gasteiger partial charge in [-0.15, -0.1) is 5.10 Å². The topological polar surface area (TPSA) is 72.7 Å². The first-order valence-corrected chi connectivity index (χ1v) is 7.42. The number of halogens is 3. The van der Waals surface area contributed by atoms with E-state index in [1.807, 2.05) is 0 Å². The van der Waals surface area contributed by atoms with Crippen LogP contribution in [0.3, 0.4) is 0 Å². The lowest BCUT2D eigenvalue weighted by Crippen LogP contribution is -2.13. The predicted octanol–water partition coefficient (Wildman–Crippen LogP) is 2.80. The van der Waals surface area contributed by atoms with Crippen molar-refractivity contribution >= 4 is 34.2 Å². The molecule has 0 radical (unpaired) electrons. The van der Waals surface area contributed by atoms with Gasteiger partial charge in [0.2, 0.25) is 0 Å². The SMILES string of the molecule is O=C(Nc1cc(F)c(I)c(F)c1)c1cccc(-n2cnnn2)c1. The summed E-state index contributed by atoms with van der Waals surface area (Å²) < 4.78 is 28.3. The van der Waals surface area contributed by atoms with E-state index in [1.165, 1.54) is 11.0 Å². The van der Waals surface area contributed by atoms with Crippen molar-refractivity contribution in [3.05, 3.63) is 63.5 Å². The van der Waals surface area contributed by atoms with Crippen molar-refractivity contribution in [1.29, 1.82) is 0 Å². The second-order valence-electron chi connectivity index (χ2n) is 4.51. The summed E-state index contributed by atoms with van der Waals surface area (Å²) in [5.74, 6) is -1.97. The molecule has 0 unspecified atom stereocenters. The van der Waals surface area contributed by atoms with Crippen molar-refractivity contribution in [2.24, 2.45) is 0 Å². The van der Waals surface area contributed by atoms with Gasteiger partial charge in [-0.1, -0.05) is 6.07 Å². The van der Waals surface area contributed by atoms with E-state index in [9.17, 15) is 13.6 Å². The third-order valence-corrected chi connectivity index (χ3v) is 3.99. The number of nitrogens with zero attached hydrogens (tertiary/aromatic N) is 4. The molecule has 1 N–H and O–H groups in total. The van der Waals surface area contributed by atoms with E-state index in [2.05, 4.69) is 20.8 Å². The summed E-state index contributed by atoms with van der Waals surface area (Å²) in [4.78, 5) is 12.2. The normalized spacial score (nSPS) is 10.6. The molecule has 0 aliphatic heterocycles. The number of rotatable bonds is 3. The van der Waals surface area contributed by atoms with Gasteiger partial charge in [-0.25, -0.2) is 13.5 Å². The number of anilines is 1. The second kappa shape index (κ2) is 6.36. The molecule has 0 spiro atoms. The monoisotopic (exact) mass is 427 g/mol. The zero-order valence-electron chi connectivity index (χ0n) is 11.4. The zero-order chi connectivity index (χ0) is 16.4. The summed E-state index contributed by atoms with van der Waals surface area (Å²) in [5, 5.41) is 13.2.